The summed E-state index contributed by atoms with van der Waals surface area (Å²) in [6, 6.07) is 1.81. The van der Waals surface area contributed by atoms with Gasteiger partial charge in [-0.15, -0.1) is 0 Å². The molecule has 1 aliphatic rings. The van der Waals surface area contributed by atoms with Gasteiger partial charge in [0.2, 0.25) is 5.95 Å². The first-order valence-electron chi connectivity index (χ1n) is 8.32. The van der Waals surface area contributed by atoms with E-state index >= 15 is 0 Å². The Balaban J connectivity index is 1.53. The van der Waals surface area contributed by atoms with E-state index in [9.17, 15) is 0 Å². The minimum absolute atomic E-state index is 0.658. The lowest BCUT2D eigenvalue weighted by Crippen LogP contribution is -2.38. The summed E-state index contributed by atoms with van der Waals surface area (Å²) in [7, 11) is 2.01. The number of hydrogen-bond donors (Lipinski definition) is 2. The van der Waals surface area contributed by atoms with Crippen LogP contribution < -0.4 is 15.5 Å². The SMILES string of the molecule is Cc1nn(C)c(N2CCOCC2)c1CNCCNc1ncccn1. The largest absolute Gasteiger partial charge is 0.378 e. The number of hydrogen-bond acceptors (Lipinski definition) is 7. The Morgan fingerprint density at radius 1 is 1.17 bits per heavy atom. The van der Waals surface area contributed by atoms with Crippen molar-refractivity contribution >= 4 is 11.8 Å². The predicted octanol–water partition coefficient (Wildman–Crippen LogP) is 0.557. The minimum atomic E-state index is 0.658. The first-order chi connectivity index (χ1) is 11.8. The molecule has 0 saturated carbocycles. The van der Waals surface area contributed by atoms with Crippen LogP contribution in [0.5, 0.6) is 0 Å². The van der Waals surface area contributed by atoms with Gasteiger partial charge in [0.05, 0.1) is 18.9 Å². The Labute approximate surface area is 142 Å². The fourth-order valence-electron chi connectivity index (χ4n) is 2.93. The summed E-state index contributed by atoms with van der Waals surface area (Å²) in [5.41, 5.74) is 2.33. The molecule has 1 fully saturated rings. The highest BCUT2D eigenvalue weighted by molar-refractivity contribution is 5.50. The van der Waals surface area contributed by atoms with E-state index in [0.29, 0.717) is 5.95 Å². The van der Waals surface area contributed by atoms with Crippen molar-refractivity contribution in [2.45, 2.75) is 13.5 Å². The van der Waals surface area contributed by atoms with Crippen molar-refractivity contribution in [1.29, 1.82) is 0 Å². The van der Waals surface area contributed by atoms with Gasteiger partial charge in [0.25, 0.3) is 0 Å². The summed E-state index contributed by atoms with van der Waals surface area (Å²) < 4.78 is 7.44. The molecule has 0 radical (unpaired) electrons. The van der Waals surface area contributed by atoms with Crippen molar-refractivity contribution in [3.8, 4) is 0 Å². The maximum absolute atomic E-state index is 5.46. The fourth-order valence-corrected chi connectivity index (χ4v) is 2.93. The van der Waals surface area contributed by atoms with Crippen molar-refractivity contribution in [3.63, 3.8) is 0 Å². The molecule has 0 unspecified atom stereocenters. The average molecular weight is 331 g/mol. The topological polar surface area (TPSA) is 80.1 Å². The third-order valence-electron chi connectivity index (χ3n) is 4.08. The van der Waals surface area contributed by atoms with Gasteiger partial charge in [0, 0.05) is 57.7 Å². The zero-order valence-corrected chi connectivity index (χ0v) is 14.3. The zero-order valence-electron chi connectivity index (χ0n) is 14.3. The predicted molar refractivity (Wildman–Crippen MR) is 93.2 cm³/mol. The summed E-state index contributed by atoms with van der Waals surface area (Å²) in [6.07, 6.45) is 3.47. The van der Waals surface area contributed by atoms with Gasteiger partial charge in [-0.2, -0.15) is 5.10 Å². The molecule has 2 N–H and O–H groups in total. The second-order valence-electron chi connectivity index (χ2n) is 5.79. The fraction of sp³-hybridized carbons (Fsp3) is 0.562. The van der Waals surface area contributed by atoms with Gasteiger partial charge in [-0.3, -0.25) is 4.68 Å². The van der Waals surface area contributed by atoms with E-state index in [-0.39, 0.29) is 0 Å². The van der Waals surface area contributed by atoms with Crippen LogP contribution in [0.15, 0.2) is 18.5 Å². The van der Waals surface area contributed by atoms with Crippen LogP contribution >= 0.6 is 0 Å². The van der Waals surface area contributed by atoms with E-state index in [1.54, 1.807) is 12.4 Å². The molecule has 24 heavy (non-hydrogen) atoms. The second kappa shape index (κ2) is 8.07. The van der Waals surface area contributed by atoms with Gasteiger partial charge in [-0.05, 0) is 13.0 Å². The lowest BCUT2D eigenvalue weighted by Gasteiger charge is -2.29. The van der Waals surface area contributed by atoms with Gasteiger partial charge >= 0.3 is 0 Å². The number of morpholine rings is 1. The lowest BCUT2D eigenvalue weighted by molar-refractivity contribution is 0.122. The molecule has 130 valence electrons. The quantitative estimate of drug-likeness (QED) is 0.718. The molecule has 0 spiro atoms. The van der Waals surface area contributed by atoms with Crippen LogP contribution in [0.1, 0.15) is 11.3 Å². The minimum Gasteiger partial charge on any atom is -0.378 e. The summed E-state index contributed by atoms with van der Waals surface area (Å²) in [5, 5.41) is 11.3. The molecule has 1 saturated heterocycles. The van der Waals surface area contributed by atoms with E-state index in [0.717, 1.165) is 51.6 Å². The molecule has 0 atom stereocenters. The van der Waals surface area contributed by atoms with E-state index in [4.69, 9.17) is 4.74 Å². The van der Waals surface area contributed by atoms with Crippen LogP contribution in [0, 0.1) is 6.92 Å². The van der Waals surface area contributed by atoms with E-state index in [1.165, 1.54) is 11.4 Å². The highest BCUT2D eigenvalue weighted by Crippen LogP contribution is 2.23. The highest BCUT2D eigenvalue weighted by atomic mass is 16.5. The van der Waals surface area contributed by atoms with E-state index < -0.39 is 0 Å². The van der Waals surface area contributed by atoms with E-state index in [1.807, 2.05) is 17.8 Å². The van der Waals surface area contributed by atoms with Gasteiger partial charge in [0.1, 0.15) is 5.82 Å². The molecule has 3 rings (SSSR count). The molecule has 2 aromatic rings. The van der Waals surface area contributed by atoms with Crippen LogP contribution in [0.3, 0.4) is 0 Å². The first kappa shape index (κ1) is 16.7. The van der Waals surface area contributed by atoms with Crippen LogP contribution in [-0.2, 0) is 18.3 Å². The number of anilines is 2. The Kier molecular flexibility index (Phi) is 5.60. The number of aromatic nitrogens is 4. The Hall–Kier alpha value is -2.19. The normalized spacial score (nSPS) is 14.8. The van der Waals surface area contributed by atoms with Gasteiger partial charge < -0.3 is 20.3 Å². The monoisotopic (exact) mass is 331 g/mol. The molecule has 0 aromatic carbocycles. The zero-order chi connectivity index (χ0) is 16.8. The Morgan fingerprint density at radius 3 is 2.67 bits per heavy atom. The van der Waals surface area contributed by atoms with Crippen LogP contribution in [0.4, 0.5) is 11.8 Å². The second-order valence-corrected chi connectivity index (χ2v) is 5.79. The molecule has 8 heteroatoms. The third-order valence-corrected chi connectivity index (χ3v) is 4.08. The summed E-state index contributed by atoms with van der Waals surface area (Å²) in [6.45, 7) is 7.85. The Morgan fingerprint density at radius 2 is 1.92 bits per heavy atom. The van der Waals surface area contributed by atoms with Gasteiger partial charge in [0.15, 0.2) is 0 Å². The molecule has 3 heterocycles. The summed E-state index contributed by atoms with van der Waals surface area (Å²) >= 11 is 0. The molecule has 2 aromatic heterocycles. The third kappa shape index (κ3) is 4.01. The molecule has 0 amide bonds. The highest BCUT2D eigenvalue weighted by Gasteiger charge is 2.20. The number of nitrogens with zero attached hydrogens (tertiary/aromatic N) is 5. The standard InChI is InChI=1S/C16H25N7O/c1-13-14(12-17-6-7-20-16-18-4-3-5-19-16)15(22(2)21-13)23-8-10-24-11-9-23/h3-5,17H,6-12H2,1-2H3,(H,18,19,20). The smallest absolute Gasteiger partial charge is 0.222 e. The maximum atomic E-state index is 5.46. The Bertz CT molecular complexity index is 637. The van der Waals surface area contributed by atoms with Crippen LogP contribution in [0.2, 0.25) is 0 Å². The maximum Gasteiger partial charge on any atom is 0.222 e. The van der Waals surface area contributed by atoms with Crippen LogP contribution in [0.25, 0.3) is 0 Å². The van der Waals surface area contributed by atoms with Gasteiger partial charge in [-0.1, -0.05) is 0 Å². The van der Waals surface area contributed by atoms with Crippen molar-refractivity contribution in [2.24, 2.45) is 7.05 Å². The van der Waals surface area contributed by atoms with Gasteiger partial charge in [-0.25, -0.2) is 9.97 Å². The van der Waals surface area contributed by atoms with Crippen molar-refractivity contribution in [2.75, 3.05) is 49.6 Å². The van der Waals surface area contributed by atoms with Crippen molar-refractivity contribution in [1.82, 2.24) is 25.1 Å². The number of aryl methyl sites for hydroxylation is 2. The summed E-state index contributed by atoms with van der Waals surface area (Å²) in [4.78, 5) is 10.6. The first-order valence-corrected chi connectivity index (χ1v) is 8.32. The number of nitrogens with one attached hydrogen (secondary N) is 2. The number of ether oxygens (including phenoxy) is 1. The van der Waals surface area contributed by atoms with Crippen LogP contribution in [-0.4, -0.2) is 59.1 Å². The molecule has 0 aliphatic carbocycles. The molecule has 8 nitrogen and oxygen atoms in total. The molecule has 1 aliphatic heterocycles. The lowest BCUT2D eigenvalue weighted by atomic mass is 10.2. The summed E-state index contributed by atoms with van der Waals surface area (Å²) in [5.74, 6) is 1.86. The molecular weight excluding hydrogens is 306 g/mol. The average Bonchev–Trinajstić information content (AvgIpc) is 2.90. The molecular formula is C16H25N7O. The van der Waals surface area contributed by atoms with Crippen molar-refractivity contribution in [3.05, 3.63) is 29.7 Å². The number of rotatable bonds is 7. The van der Waals surface area contributed by atoms with E-state index in [2.05, 4.69) is 37.5 Å². The molecule has 0 bridgehead atoms. The van der Waals surface area contributed by atoms with Crippen molar-refractivity contribution < 1.29 is 4.74 Å².